The molecule has 0 spiro atoms. The number of carbonyl (C=O) groups is 1. The van der Waals surface area contributed by atoms with E-state index in [2.05, 4.69) is 18.4 Å². The van der Waals surface area contributed by atoms with Gasteiger partial charge in [-0.2, -0.15) is 0 Å². The Hall–Kier alpha value is -1.39. The normalized spacial score (nSPS) is 12.6. The van der Waals surface area contributed by atoms with Gasteiger partial charge in [0.1, 0.15) is 6.04 Å². The number of nitrogens with zero attached hydrogens (tertiary/aromatic N) is 1. The Bertz CT molecular complexity index is 427. The highest BCUT2D eigenvalue weighted by Gasteiger charge is 2.18. The van der Waals surface area contributed by atoms with Gasteiger partial charge in [0.2, 0.25) is 0 Å². The van der Waals surface area contributed by atoms with E-state index in [1.165, 1.54) is 5.56 Å². The van der Waals surface area contributed by atoms with Crippen LogP contribution in [0.2, 0.25) is 0 Å². The van der Waals surface area contributed by atoms with E-state index in [4.69, 9.17) is 5.73 Å². The van der Waals surface area contributed by atoms with E-state index in [1.807, 2.05) is 19.9 Å². The molecule has 1 unspecified atom stereocenters. The molecule has 1 aromatic rings. The highest BCUT2D eigenvalue weighted by molar-refractivity contribution is 5.83. The lowest BCUT2D eigenvalue weighted by atomic mass is 9.96. The summed E-state index contributed by atoms with van der Waals surface area (Å²) < 4.78 is 0. The van der Waals surface area contributed by atoms with Crippen LogP contribution in [-0.4, -0.2) is 25.0 Å². The first kappa shape index (κ1) is 13.7. The van der Waals surface area contributed by atoms with Crippen LogP contribution in [0.15, 0.2) is 12.1 Å². The molecular formula is C13H21N3O. The summed E-state index contributed by atoms with van der Waals surface area (Å²) >= 11 is 0. The Morgan fingerprint density at radius 3 is 2.24 bits per heavy atom. The Kier molecular flexibility index (Phi) is 4.26. The molecule has 0 aromatic heterocycles. The molecule has 0 saturated carbocycles. The topological polar surface area (TPSA) is 58.4 Å². The van der Waals surface area contributed by atoms with Crippen LogP contribution in [0.4, 0.5) is 0 Å². The third-order valence-electron chi connectivity index (χ3n) is 2.83. The summed E-state index contributed by atoms with van der Waals surface area (Å²) in [5, 5.41) is 1.60. The second-order valence-corrected chi connectivity index (χ2v) is 4.64. The predicted octanol–water partition coefficient (Wildman–Crippen LogP) is 1.20. The first-order chi connectivity index (χ1) is 7.82. The number of benzene rings is 1. The van der Waals surface area contributed by atoms with Crippen molar-refractivity contribution >= 4 is 5.91 Å². The summed E-state index contributed by atoms with van der Waals surface area (Å²) in [4.78, 5) is 11.8. The molecule has 94 valence electrons. The minimum atomic E-state index is -0.628. The first-order valence-corrected chi connectivity index (χ1v) is 5.64. The smallest absolute Gasteiger partial charge is 0.255 e. The first-order valence-electron chi connectivity index (χ1n) is 5.64. The van der Waals surface area contributed by atoms with Gasteiger partial charge in [-0.25, -0.2) is 5.01 Å². The molecule has 1 amide bonds. The number of nitrogens with one attached hydrogen (secondary N) is 1. The van der Waals surface area contributed by atoms with Gasteiger partial charge in [-0.15, -0.1) is 0 Å². The molecule has 17 heavy (non-hydrogen) atoms. The lowest BCUT2D eigenvalue weighted by Gasteiger charge is -2.19. The van der Waals surface area contributed by atoms with Crippen molar-refractivity contribution < 1.29 is 4.79 Å². The van der Waals surface area contributed by atoms with Crippen LogP contribution in [0, 0.1) is 20.8 Å². The van der Waals surface area contributed by atoms with Crippen LogP contribution in [-0.2, 0) is 4.79 Å². The Morgan fingerprint density at radius 1 is 1.18 bits per heavy atom. The van der Waals surface area contributed by atoms with Crippen LogP contribution in [0.1, 0.15) is 28.3 Å². The van der Waals surface area contributed by atoms with Crippen LogP contribution in [0.25, 0.3) is 0 Å². The Labute approximate surface area is 103 Å². The van der Waals surface area contributed by atoms with Crippen LogP contribution >= 0.6 is 0 Å². The number of hydrazine groups is 1. The molecule has 0 heterocycles. The molecule has 0 fully saturated rings. The van der Waals surface area contributed by atoms with Crippen molar-refractivity contribution in [2.24, 2.45) is 5.73 Å². The van der Waals surface area contributed by atoms with Crippen LogP contribution in [0.5, 0.6) is 0 Å². The Morgan fingerprint density at radius 2 is 1.71 bits per heavy atom. The molecule has 0 radical (unpaired) electrons. The molecule has 1 aromatic carbocycles. The molecule has 3 N–H and O–H groups in total. The standard InChI is InChI=1S/C13H21N3O/c1-8-6-10(3)11(7-9(8)2)12(14)13(17)15-16(4)5/h6-7,12H,14H2,1-5H3,(H,15,17). The van der Waals surface area contributed by atoms with Gasteiger partial charge in [0, 0.05) is 14.1 Å². The quantitative estimate of drug-likeness (QED) is 0.774. The van der Waals surface area contributed by atoms with E-state index in [0.29, 0.717) is 0 Å². The van der Waals surface area contributed by atoms with Gasteiger partial charge < -0.3 is 5.73 Å². The molecule has 4 heteroatoms. The third-order valence-corrected chi connectivity index (χ3v) is 2.83. The SMILES string of the molecule is Cc1cc(C)c(C(N)C(=O)NN(C)C)cc1C. The van der Waals surface area contributed by atoms with Crippen molar-refractivity contribution in [3.63, 3.8) is 0 Å². The van der Waals surface area contributed by atoms with Crippen molar-refractivity contribution in [3.05, 3.63) is 34.4 Å². The van der Waals surface area contributed by atoms with E-state index in [0.717, 1.165) is 16.7 Å². The fourth-order valence-corrected chi connectivity index (χ4v) is 1.75. The van der Waals surface area contributed by atoms with Gasteiger partial charge in [0.25, 0.3) is 5.91 Å². The zero-order chi connectivity index (χ0) is 13.2. The number of hydrogen-bond donors (Lipinski definition) is 2. The maximum Gasteiger partial charge on any atom is 0.255 e. The largest absolute Gasteiger partial charge is 0.316 e. The van der Waals surface area contributed by atoms with Crippen LogP contribution < -0.4 is 11.2 Å². The van der Waals surface area contributed by atoms with Crippen molar-refractivity contribution in [3.8, 4) is 0 Å². The number of aryl methyl sites for hydroxylation is 3. The highest BCUT2D eigenvalue weighted by atomic mass is 16.2. The fourth-order valence-electron chi connectivity index (χ4n) is 1.75. The molecular weight excluding hydrogens is 214 g/mol. The van der Waals surface area contributed by atoms with E-state index in [9.17, 15) is 4.79 Å². The van der Waals surface area contributed by atoms with Crippen molar-refractivity contribution in [2.45, 2.75) is 26.8 Å². The average Bonchev–Trinajstić information content (AvgIpc) is 2.21. The average molecular weight is 235 g/mol. The van der Waals surface area contributed by atoms with E-state index >= 15 is 0 Å². The maximum atomic E-state index is 11.8. The maximum absolute atomic E-state index is 11.8. The second kappa shape index (κ2) is 5.29. The van der Waals surface area contributed by atoms with Gasteiger partial charge in [-0.3, -0.25) is 10.2 Å². The van der Waals surface area contributed by atoms with E-state index < -0.39 is 6.04 Å². The molecule has 1 rings (SSSR count). The third kappa shape index (κ3) is 3.28. The fraction of sp³-hybridized carbons (Fsp3) is 0.462. The zero-order valence-electron chi connectivity index (χ0n) is 11.2. The summed E-state index contributed by atoms with van der Waals surface area (Å²) in [6, 6.07) is 3.43. The number of amides is 1. The molecule has 0 aliphatic carbocycles. The lowest BCUT2D eigenvalue weighted by molar-refractivity contribution is -0.126. The number of hydrogen-bond acceptors (Lipinski definition) is 3. The minimum Gasteiger partial charge on any atom is -0.316 e. The predicted molar refractivity (Wildman–Crippen MR) is 69.4 cm³/mol. The molecule has 1 atom stereocenters. The highest BCUT2D eigenvalue weighted by Crippen LogP contribution is 2.20. The van der Waals surface area contributed by atoms with Crippen molar-refractivity contribution in [1.29, 1.82) is 0 Å². The summed E-state index contributed by atoms with van der Waals surface area (Å²) in [6.45, 7) is 6.05. The van der Waals surface area contributed by atoms with E-state index in [1.54, 1.807) is 19.1 Å². The molecule has 0 bridgehead atoms. The van der Waals surface area contributed by atoms with Crippen molar-refractivity contribution in [2.75, 3.05) is 14.1 Å². The van der Waals surface area contributed by atoms with Gasteiger partial charge in [0.05, 0.1) is 0 Å². The van der Waals surface area contributed by atoms with Crippen LogP contribution in [0.3, 0.4) is 0 Å². The molecule has 0 aliphatic heterocycles. The van der Waals surface area contributed by atoms with Gasteiger partial charge in [-0.05, 0) is 43.0 Å². The second-order valence-electron chi connectivity index (χ2n) is 4.64. The van der Waals surface area contributed by atoms with Gasteiger partial charge in [0.15, 0.2) is 0 Å². The number of nitrogens with two attached hydrogens (primary N) is 1. The number of carbonyl (C=O) groups excluding carboxylic acids is 1. The molecule has 0 saturated heterocycles. The summed E-state index contributed by atoms with van der Waals surface area (Å²) in [6.07, 6.45) is 0. The monoisotopic (exact) mass is 235 g/mol. The Balaban J connectivity index is 3.00. The van der Waals surface area contributed by atoms with Gasteiger partial charge >= 0.3 is 0 Å². The molecule has 4 nitrogen and oxygen atoms in total. The number of rotatable bonds is 3. The lowest BCUT2D eigenvalue weighted by Crippen LogP contribution is -2.42. The van der Waals surface area contributed by atoms with Crippen molar-refractivity contribution in [1.82, 2.24) is 10.4 Å². The van der Waals surface area contributed by atoms with Gasteiger partial charge in [-0.1, -0.05) is 12.1 Å². The summed E-state index contributed by atoms with van der Waals surface area (Å²) in [7, 11) is 3.52. The minimum absolute atomic E-state index is 0.193. The van der Waals surface area contributed by atoms with E-state index in [-0.39, 0.29) is 5.91 Å². The summed E-state index contributed by atoms with van der Waals surface area (Å²) in [5.41, 5.74) is 12.9. The zero-order valence-corrected chi connectivity index (χ0v) is 11.2. The molecule has 0 aliphatic rings. The summed E-state index contributed by atoms with van der Waals surface area (Å²) in [5.74, 6) is -0.193.